The Bertz CT molecular complexity index is 398. The van der Waals surface area contributed by atoms with Crippen LogP contribution < -0.4 is 10.6 Å². The molecule has 2 N–H and O–H groups in total. The number of nitrogens with zero attached hydrogens (tertiary/aromatic N) is 2. The average molecular weight is 298 g/mol. The van der Waals surface area contributed by atoms with Gasteiger partial charge in [-0.25, -0.2) is 4.98 Å². The van der Waals surface area contributed by atoms with Gasteiger partial charge in [0, 0.05) is 23.8 Å². The molecule has 4 heteroatoms. The van der Waals surface area contributed by atoms with Crippen molar-refractivity contribution in [2.75, 3.05) is 24.5 Å². The van der Waals surface area contributed by atoms with Crippen molar-refractivity contribution in [3.8, 4) is 0 Å². The number of rotatable bonds is 2. The van der Waals surface area contributed by atoms with E-state index >= 15 is 0 Å². The lowest BCUT2D eigenvalue weighted by atomic mass is 9.80. The van der Waals surface area contributed by atoms with Gasteiger partial charge in [0.25, 0.3) is 0 Å². The van der Waals surface area contributed by atoms with Gasteiger partial charge in [0.05, 0.1) is 0 Å². The summed E-state index contributed by atoms with van der Waals surface area (Å²) >= 11 is 3.49. The molecule has 3 nitrogen and oxygen atoms in total. The summed E-state index contributed by atoms with van der Waals surface area (Å²) in [6.07, 6.45) is 4.20. The van der Waals surface area contributed by atoms with E-state index in [2.05, 4.69) is 45.7 Å². The first-order valence-electron chi connectivity index (χ1n) is 6.11. The maximum atomic E-state index is 5.83. The predicted octanol–water partition coefficient (Wildman–Crippen LogP) is 2.72. The molecule has 0 unspecified atom stereocenters. The molecule has 1 saturated heterocycles. The molecule has 2 rings (SSSR count). The maximum Gasteiger partial charge on any atom is 0.128 e. The zero-order valence-corrected chi connectivity index (χ0v) is 12.1. The van der Waals surface area contributed by atoms with Crippen LogP contribution in [-0.2, 0) is 0 Å². The fourth-order valence-corrected chi connectivity index (χ4v) is 2.39. The minimum absolute atomic E-state index is 0.320. The van der Waals surface area contributed by atoms with E-state index in [4.69, 9.17) is 5.73 Å². The molecule has 94 valence electrons. The lowest BCUT2D eigenvalue weighted by molar-refractivity contribution is 0.258. The lowest BCUT2D eigenvalue weighted by Gasteiger charge is -2.39. The quantitative estimate of drug-likeness (QED) is 0.913. The number of aryl methyl sites for hydroxylation is 1. The van der Waals surface area contributed by atoms with E-state index in [1.165, 1.54) is 5.56 Å². The number of aromatic nitrogens is 1. The normalized spacial score (nSPS) is 19.4. The van der Waals surface area contributed by atoms with E-state index in [1.807, 2.05) is 6.20 Å². The Morgan fingerprint density at radius 1 is 1.47 bits per heavy atom. The Morgan fingerprint density at radius 2 is 2.12 bits per heavy atom. The van der Waals surface area contributed by atoms with E-state index in [1.54, 1.807) is 0 Å². The van der Waals surface area contributed by atoms with Crippen LogP contribution >= 0.6 is 15.9 Å². The Hall–Kier alpha value is -0.610. The molecule has 0 aliphatic carbocycles. The second-order valence-corrected chi connectivity index (χ2v) is 6.15. The predicted molar refractivity (Wildman–Crippen MR) is 75.3 cm³/mol. The van der Waals surface area contributed by atoms with Crippen LogP contribution in [0.25, 0.3) is 0 Å². The van der Waals surface area contributed by atoms with Gasteiger partial charge in [-0.2, -0.15) is 0 Å². The second-order valence-electron chi connectivity index (χ2n) is 5.29. The largest absolute Gasteiger partial charge is 0.357 e. The third-order valence-corrected chi connectivity index (χ3v) is 4.65. The van der Waals surface area contributed by atoms with E-state index < -0.39 is 0 Å². The third kappa shape index (κ3) is 2.80. The van der Waals surface area contributed by atoms with E-state index in [0.29, 0.717) is 5.41 Å². The highest BCUT2D eigenvalue weighted by Crippen LogP contribution is 2.31. The molecule has 1 aromatic rings. The standard InChI is InChI=1S/C13H20BrN3/c1-10-7-12(16-8-11(10)14)17-5-3-13(2,9-15)4-6-17/h7-8H,3-6,9,15H2,1-2H3. The Morgan fingerprint density at radius 3 is 2.65 bits per heavy atom. The van der Waals surface area contributed by atoms with Crippen LogP contribution in [0.1, 0.15) is 25.3 Å². The topological polar surface area (TPSA) is 42.1 Å². The Kier molecular flexibility index (Phi) is 3.73. The van der Waals surface area contributed by atoms with Crippen LogP contribution in [0.15, 0.2) is 16.7 Å². The minimum atomic E-state index is 0.320. The number of pyridine rings is 1. The minimum Gasteiger partial charge on any atom is -0.357 e. The molecule has 0 saturated carbocycles. The van der Waals surface area contributed by atoms with Crippen molar-refractivity contribution in [1.82, 2.24) is 4.98 Å². The molecule has 17 heavy (non-hydrogen) atoms. The van der Waals surface area contributed by atoms with Crippen LogP contribution in [-0.4, -0.2) is 24.6 Å². The van der Waals surface area contributed by atoms with Crippen molar-refractivity contribution in [3.05, 3.63) is 22.3 Å². The molecule has 0 amide bonds. The Labute approximate surface area is 112 Å². The lowest BCUT2D eigenvalue weighted by Crippen LogP contribution is -2.42. The molecule has 0 radical (unpaired) electrons. The van der Waals surface area contributed by atoms with Gasteiger partial charge in [0.2, 0.25) is 0 Å². The second kappa shape index (κ2) is 4.94. The fourth-order valence-electron chi connectivity index (χ4n) is 2.18. The van der Waals surface area contributed by atoms with Crippen LogP contribution in [0.3, 0.4) is 0 Å². The Balaban J connectivity index is 2.08. The van der Waals surface area contributed by atoms with Gasteiger partial charge < -0.3 is 10.6 Å². The number of nitrogens with two attached hydrogens (primary N) is 1. The van der Waals surface area contributed by atoms with Crippen molar-refractivity contribution in [3.63, 3.8) is 0 Å². The van der Waals surface area contributed by atoms with Crippen molar-refractivity contribution in [2.45, 2.75) is 26.7 Å². The van der Waals surface area contributed by atoms with Gasteiger partial charge in [-0.05, 0) is 59.3 Å². The highest BCUT2D eigenvalue weighted by atomic mass is 79.9. The molecule has 1 aliphatic heterocycles. The molecule has 0 spiro atoms. The molecule has 1 aromatic heterocycles. The van der Waals surface area contributed by atoms with Crippen molar-refractivity contribution in [2.24, 2.45) is 11.1 Å². The molecular weight excluding hydrogens is 278 g/mol. The highest BCUT2D eigenvalue weighted by Gasteiger charge is 2.29. The molecule has 0 atom stereocenters. The molecule has 0 aromatic carbocycles. The first-order valence-corrected chi connectivity index (χ1v) is 6.90. The number of hydrogen-bond acceptors (Lipinski definition) is 3. The molecule has 2 heterocycles. The smallest absolute Gasteiger partial charge is 0.128 e. The summed E-state index contributed by atoms with van der Waals surface area (Å²) < 4.78 is 1.07. The zero-order valence-electron chi connectivity index (χ0n) is 10.5. The van der Waals surface area contributed by atoms with Crippen LogP contribution in [0.4, 0.5) is 5.82 Å². The van der Waals surface area contributed by atoms with E-state index in [-0.39, 0.29) is 0 Å². The van der Waals surface area contributed by atoms with Gasteiger partial charge in [0.1, 0.15) is 5.82 Å². The first kappa shape index (κ1) is 12.8. The van der Waals surface area contributed by atoms with Crippen LogP contribution in [0, 0.1) is 12.3 Å². The van der Waals surface area contributed by atoms with Gasteiger partial charge in [-0.1, -0.05) is 6.92 Å². The molecule has 1 aliphatic rings. The fraction of sp³-hybridized carbons (Fsp3) is 0.615. The number of halogens is 1. The van der Waals surface area contributed by atoms with E-state index in [0.717, 1.165) is 42.8 Å². The summed E-state index contributed by atoms with van der Waals surface area (Å²) in [5.74, 6) is 1.09. The summed E-state index contributed by atoms with van der Waals surface area (Å²) in [5, 5.41) is 0. The van der Waals surface area contributed by atoms with Gasteiger partial charge in [0.15, 0.2) is 0 Å². The summed E-state index contributed by atoms with van der Waals surface area (Å²) in [6.45, 7) is 7.28. The first-order chi connectivity index (χ1) is 8.04. The molecular formula is C13H20BrN3. The van der Waals surface area contributed by atoms with Gasteiger partial charge >= 0.3 is 0 Å². The van der Waals surface area contributed by atoms with Crippen molar-refractivity contribution in [1.29, 1.82) is 0 Å². The van der Waals surface area contributed by atoms with Crippen molar-refractivity contribution < 1.29 is 0 Å². The summed E-state index contributed by atoms with van der Waals surface area (Å²) in [6, 6.07) is 2.15. The summed E-state index contributed by atoms with van der Waals surface area (Å²) in [7, 11) is 0. The van der Waals surface area contributed by atoms with E-state index in [9.17, 15) is 0 Å². The monoisotopic (exact) mass is 297 g/mol. The number of hydrogen-bond donors (Lipinski definition) is 1. The number of anilines is 1. The summed E-state index contributed by atoms with van der Waals surface area (Å²) in [4.78, 5) is 6.84. The van der Waals surface area contributed by atoms with Crippen LogP contribution in [0.2, 0.25) is 0 Å². The molecule has 0 bridgehead atoms. The SMILES string of the molecule is Cc1cc(N2CCC(C)(CN)CC2)ncc1Br. The summed E-state index contributed by atoms with van der Waals surface area (Å²) in [5.41, 5.74) is 7.38. The third-order valence-electron chi connectivity index (χ3n) is 3.82. The maximum absolute atomic E-state index is 5.83. The highest BCUT2D eigenvalue weighted by molar-refractivity contribution is 9.10. The van der Waals surface area contributed by atoms with Gasteiger partial charge in [-0.15, -0.1) is 0 Å². The van der Waals surface area contributed by atoms with Crippen LogP contribution in [0.5, 0.6) is 0 Å². The average Bonchev–Trinajstić information content (AvgIpc) is 2.34. The zero-order chi connectivity index (χ0) is 12.5. The van der Waals surface area contributed by atoms with Gasteiger partial charge in [-0.3, -0.25) is 0 Å². The molecule has 1 fully saturated rings. The van der Waals surface area contributed by atoms with Crippen molar-refractivity contribution >= 4 is 21.7 Å². The number of piperidine rings is 1.